The Bertz CT molecular complexity index is 1360. The summed E-state index contributed by atoms with van der Waals surface area (Å²) >= 11 is 0. The van der Waals surface area contributed by atoms with E-state index in [0.717, 1.165) is 24.0 Å². The van der Waals surface area contributed by atoms with Gasteiger partial charge in [-0.3, -0.25) is 24.1 Å². The number of carbonyl (C=O) groups excluding carboxylic acids is 4. The fraction of sp³-hybridized carbons (Fsp3) is 0.579. The molecule has 6 unspecified atom stereocenters. The van der Waals surface area contributed by atoms with Crippen molar-refractivity contribution >= 4 is 23.6 Å². The lowest BCUT2D eigenvalue weighted by atomic mass is 9.99. The Kier molecular flexibility index (Phi) is 15.2. The Morgan fingerprint density at radius 2 is 1.32 bits per heavy atom. The molecule has 274 valence electrons. The third-order valence-corrected chi connectivity index (χ3v) is 9.76. The molecule has 8 N–H and O–H groups in total. The lowest BCUT2D eigenvalue weighted by Crippen LogP contribution is -2.61. The van der Waals surface area contributed by atoms with Crippen LogP contribution in [-0.4, -0.2) is 108 Å². The van der Waals surface area contributed by atoms with Crippen LogP contribution in [0.1, 0.15) is 63.5 Å². The third-order valence-electron chi connectivity index (χ3n) is 9.76. The summed E-state index contributed by atoms with van der Waals surface area (Å²) in [6.45, 7) is 6.19. The summed E-state index contributed by atoms with van der Waals surface area (Å²) in [5, 5.41) is 18.3. The fourth-order valence-corrected chi connectivity index (χ4v) is 7.17. The van der Waals surface area contributed by atoms with Crippen molar-refractivity contribution in [2.24, 2.45) is 17.4 Å². The Balaban J connectivity index is 1.47. The van der Waals surface area contributed by atoms with Gasteiger partial charge >= 0.3 is 0 Å². The number of rotatable bonds is 19. The fourth-order valence-electron chi connectivity index (χ4n) is 7.17. The minimum Gasteiger partial charge on any atom is -0.395 e. The zero-order valence-electron chi connectivity index (χ0n) is 29.6. The van der Waals surface area contributed by atoms with Gasteiger partial charge in [-0.25, -0.2) is 0 Å². The molecule has 2 fully saturated rings. The van der Waals surface area contributed by atoms with E-state index < -0.39 is 41.9 Å². The lowest BCUT2D eigenvalue weighted by Gasteiger charge is -2.42. The maximum Gasteiger partial charge on any atom is 0.245 e. The normalized spacial score (nSPS) is 19.8. The number of piperazine rings is 1. The van der Waals surface area contributed by atoms with Crippen LogP contribution in [0.5, 0.6) is 0 Å². The maximum absolute atomic E-state index is 14.0. The number of amides is 4. The number of fused-ring (bicyclic) bond motifs is 2. The minimum atomic E-state index is -0.984. The van der Waals surface area contributed by atoms with Crippen LogP contribution in [0.3, 0.4) is 0 Å². The molecule has 6 atom stereocenters. The van der Waals surface area contributed by atoms with Gasteiger partial charge in [-0.15, -0.1) is 0 Å². The highest BCUT2D eigenvalue weighted by molar-refractivity contribution is 5.95. The van der Waals surface area contributed by atoms with E-state index in [0.29, 0.717) is 58.3 Å². The number of unbranched alkanes of at least 4 members (excludes halogenated alkanes) is 1. The van der Waals surface area contributed by atoms with Crippen molar-refractivity contribution in [3.05, 3.63) is 71.8 Å². The Morgan fingerprint density at radius 3 is 1.88 bits per heavy atom. The summed E-state index contributed by atoms with van der Waals surface area (Å²) in [5.41, 5.74) is 13.8. The average molecular weight is 692 g/mol. The van der Waals surface area contributed by atoms with E-state index >= 15 is 0 Å². The standard InChI is InChI=1S/C38H57N7O5/c1-26(2)21-33(36(48)41-32(15-9-10-18-39)38(50)44-24-29-16-17-30(25-44)45(29)19-20-46)43-37(49)34(23-28-13-7-4-8-14-28)42-35(47)31(40)22-27-11-5-3-6-12-27/h3-8,11-14,26,29-34,46H,9-10,15-25,39-40H2,1-2H3,(H,41,48)(H,42,47)(H,43,49). The second-order valence-electron chi connectivity index (χ2n) is 14.2. The first-order chi connectivity index (χ1) is 24.1. The van der Waals surface area contributed by atoms with E-state index in [-0.39, 0.29) is 36.9 Å². The van der Waals surface area contributed by atoms with Gasteiger partial charge in [-0.05, 0) is 68.5 Å². The average Bonchev–Trinajstić information content (AvgIpc) is 3.32. The number of hydrogen-bond acceptors (Lipinski definition) is 8. The van der Waals surface area contributed by atoms with Gasteiger partial charge < -0.3 is 37.4 Å². The molecule has 4 rings (SSSR count). The van der Waals surface area contributed by atoms with Crippen LogP contribution in [0.2, 0.25) is 0 Å². The van der Waals surface area contributed by atoms with Gasteiger partial charge in [-0.2, -0.15) is 0 Å². The van der Waals surface area contributed by atoms with Crippen LogP contribution in [0.25, 0.3) is 0 Å². The SMILES string of the molecule is CC(C)CC(NC(=O)C(Cc1ccccc1)NC(=O)C(N)Cc1ccccc1)C(=O)NC(CCCCN)C(=O)N1CC2CCC(C1)N2CCO. The lowest BCUT2D eigenvalue weighted by molar-refractivity contribution is -0.140. The molecule has 2 aromatic rings. The Labute approximate surface area is 296 Å². The summed E-state index contributed by atoms with van der Waals surface area (Å²) < 4.78 is 0. The first-order valence-electron chi connectivity index (χ1n) is 18.2. The third kappa shape index (κ3) is 11.3. The van der Waals surface area contributed by atoms with Crippen molar-refractivity contribution in [3.63, 3.8) is 0 Å². The molecule has 2 aromatic carbocycles. The summed E-state index contributed by atoms with van der Waals surface area (Å²) in [5.74, 6) is -1.49. The van der Waals surface area contributed by atoms with E-state index in [4.69, 9.17) is 11.5 Å². The number of nitrogens with two attached hydrogens (primary N) is 2. The molecule has 2 aliphatic heterocycles. The summed E-state index contributed by atoms with van der Waals surface area (Å²) in [7, 11) is 0. The highest BCUT2D eigenvalue weighted by Crippen LogP contribution is 2.30. The van der Waals surface area contributed by atoms with Gasteiger partial charge in [0, 0.05) is 38.1 Å². The molecule has 0 radical (unpaired) electrons. The molecular formula is C38H57N7O5. The van der Waals surface area contributed by atoms with Crippen molar-refractivity contribution in [3.8, 4) is 0 Å². The van der Waals surface area contributed by atoms with Crippen molar-refractivity contribution in [2.75, 3.05) is 32.8 Å². The van der Waals surface area contributed by atoms with E-state index in [1.807, 2.05) is 79.4 Å². The zero-order chi connectivity index (χ0) is 36.0. The van der Waals surface area contributed by atoms with Crippen LogP contribution in [0.4, 0.5) is 0 Å². The molecule has 2 saturated heterocycles. The van der Waals surface area contributed by atoms with Gasteiger partial charge in [0.2, 0.25) is 23.6 Å². The summed E-state index contributed by atoms with van der Waals surface area (Å²) in [6.07, 6.45) is 4.61. The van der Waals surface area contributed by atoms with Crippen LogP contribution >= 0.6 is 0 Å². The van der Waals surface area contributed by atoms with E-state index in [1.54, 1.807) is 0 Å². The molecule has 2 heterocycles. The Morgan fingerprint density at radius 1 is 0.780 bits per heavy atom. The molecule has 0 spiro atoms. The van der Waals surface area contributed by atoms with Crippen molar-refractivity contribution in [1.29, 1.82) is 0 Å². The molecular weight excluding hydrogens is 634 g/mol. The number of carbonyl (C=O) groups is 4. The van der Waals surface area contributed by atoms with Crippen LogP contribution in [0.15, 0.2) is 60.7 Å². The zero-order valence-corrected chi connectivity index (χ0v) is 29.6. The van der Waals surface area contributed by atoms with Crippen molar-refractivity contribution in [2.45, 2.75) is 101 Å². The second kappa shape index (κ2) is 19.5. The number of nitrogens with one attached hydrogen (secondary N) is 3. The molecule has 2 aliphatic rings. The van der Waals surface area contributed by atoms with Gasteiger partial charge in [0.15, 0.2) is 0 Å². The minimum absolute atomic E-state index is 0.0501. The molecule has 0 aliphatic carbocycles. The monoisotopic (exact) mass is 691 g/mol. The topological polar surface area (TPSA) is 183 Å². The highest BCUT2D eigenvalue weighted by atomic mass is 16.3. The number of aliphatic hydroxyl groups is 1. The highest BCUT2D eigenvalue weighted by Gasteiger charge is 2.42. The van der Waals surface area contributed by atoms with Gasteiger partial charge in [0.25, 0.3) is 0 Å². The van der Waals surface area contributed by atoms with Crippen LogP contribution in [-0.2, 0) is 32.0 Å². The first-order valence-corrected chi connectivity index (χ1v) is 18.2. The van der Waals surface area contributed by atoms with Gasteiger partial charge in [-0.1, -0.05) is 74.5 Å². The van der Waals surface area contributed by atoms with E-state index in [1.165, 1.54) is 0 Å². The molecule has 12 heteroatoms. The first kappa shape index (κ1) is 39.0. The number of nitrogens with zero attached hydrogens (tertiary/aromatic N) is 2. The number of hydrogen-bond donors (Lipinski definition) is 6. The predicted octanol–water partition coefficient (Wildman–Crippen LogP) is 1.10. The summed E-state index contributed by atoms with van der Waals surface area (Å²) in [4.78, 5) is 59.3. The quantitative estimate of drug-likeness (QED) is 0.118. The van der Waals surface area contributed by atoms with Gasteiger partial charge in [0.1, 0.15) is 18.1 Å². The van der Waals surface area contributed by atoms with Gasteiger partial charge in [0.05, 0.1) is 12.6 Å². The molecule has 0 aromatic heterocycles. The molecule has 2 bridgehead atoms. The smallest absolute Gasteiger partial charge is 0.245 e. The van der Waals surface area contributed by atoms with Crippen LogP contribution in [0, 0.1) is 5.92 Å². The summed E-state index contributed by atoms with van der Waals surface area (Å²) in [6, 6.07) is 15.6. The maximum atomic E-state index is 14.0. The molecule has 4 amide bonds. The number of likely N-dealkylation sites (tertiary alicyclic amines) is 1. The number of aliphatic hydroxyl groups excluding tert-OH is 1. The Hall–Kier alpha value is -3.84. The molecule has 0 saturated carbocycles. The predicted molar refractivity (Wildman–Crippen MR) is 194 cm³/mol. The van der Waals surface area contributed by atoms with Crippen molar-refractivity contribution in [1.82, 2.24) is 25.8 Å². The second-order valence-corrected chi connectivity index (χ2v) is 14.2. The van der Waals surface area contributed by atoms with E-state index in [2.05, 4.69) is 20.9 Å². The largest absolute Gasteiger partial charge is 0.395 e. The van der Waals surface area contributed by atoms with Crippen molar-refractivity contribution < 1.29 is 24.3 Å². The van der Waals surface area contributed by atoms with Crippen LogP contribution < -0.4 is 27.4 Å². The van der Waals surface area contributed by atoms with E-state index in [9.17, 15) is 24.3 Å². The molecule has 50 heavy (non-hydrogen) atoms. The molecule has 12 nitrogen and oxygen atoms in total. The number of benzene rings is 2.